The van der Waals surface area contributed by atoms with Crippen molar-refractivity contribution in [1.29, 1.82) is 0 Å². The van der Waals surface area contributed by atoms with Gasteiger partial charge in [-0.25, -0.2) is 0 Å². The van der Waals surface area contributed by atoms with Gasteiger partial charge in [-0.1, -0.05) is 29.8 Å². The summed E-state index contributed by atoms with van der Waals surface area (Å²) in [6, 6.07) is 16.1. The Kier molecular flexibility index (Phi) is 4.95. The largest absolute Gasteiger partial charge is 0.323 e. The number of halogens is 1. The number of nitrogens with zero attached hydrogens (tertiary/aromatic N) is 2. The van der Waals surface area contributed by atoms with E-state index in [9.17, 15) is 9.59 Å². The van der Waals surface area contributed by atoms with Gasteiger partial charge < -0.3 is 10.2 Å². The van der Waals surface area contributed by atoms with Gasteiger partial charge in [-0.05, 0) is 36.4 Å². The molecule has 126 valence electrons. The Morgan fingerprint density at radius 1 is 1.08 bits per heavy atom. The summed E-state index contributed by atoms with van der Waals surface area (Å²) in [5, 5.41) is 4.33. The number of pyridine rings is 1. The zero-order chi connectivity index (χ0) is 17.8. The minimum absolute atomic E-state index is 0.0970. The molecule has 6 heteroatoms. The molecule has 0 aliphatic heterocycles. The molecule has 0 atom stereocenters. The first-order valence-electron chi connectivity index (χ1n) is 7.72. The van der Waals surface area contributed by atoms with E-state index in [0.29, 0.717) is 21.9 Å². The van der Waals surface area contributed by atoms with Crippen LogP contribution in [0.1, 0.15) is 6.92 Å². The van der Waals surface area contributed by atoms with Crippen molar-refractivity contribution in [1.82, 2.24) is 4.98 Å². The third-order valence-electron chi connectivity index (χ3n) is 3.73. The van der Waals surface area contributed by atoms with Crippen LogP contribution in [0.25, 0.3) is 10.9 Å². The highest BCUT2D eigenvalue weighted by molar-refractivity contribution is 6.30. The maximum absolute atomic E-state index is 12.5. The molecule has 0 saturated heterocycles. The lowest BCUT2D eigenvalue weighted by molar-refractivity contribution is -0.120. The summed E-state index contributed by atoms with van der Waals surface area (Å²) in [6.07, 6.45) is 1.67. The Morgan fingerprint density at radius 2 is 1.80 bits per heavy atom. The molecule has 0 spiro atoms. The monoisotopic (exact) mass is 353 g/mol. The first-order valence-corrected chi connectivity index (χ1v) is 8.09. The SMILES string of the molecule is CC(=O)N(CC(=O)Nc1cccc2cccnc12)c1ccc(Cl)cc1. The standard InChI is InChI=1S/C19H16ClN3O2/c1-13(24)23(16-9-7-15(20)8-10-16)12-18(25)22-17-6-2-4-14-5-3-11-21-19(14)17/h2-11H,12H2,1H3,(H,22,25). The maximum Gasteiger partial charge on any atom is 0.244 e. The molecule has 0 bridgehead atoms. The van der Waals surface area contributed by atoms with Gasteiger partial charge in [-0.2, -0.15) is 0 Å². The van der Waals surface area contributed by atoms with Crippen molar-refractivity contribution in [3.63, 3.8) is 0 Å². The first kappa shape index (κ1) is 16.9. The number of anilines is 2. The average Bonchev–Trinajstić information content (AvgIpc) is 2.61. The summed E-state index contributed by atoms with van der Waals surface area (Å²) in [7, 11) is 0. The van der Waals surface area contributed by atoms with Gasteiger partial charge in [0.05, 0.1) is 11.2 Å². The predicted octanol–water partition coefficient (Wildman–Crippen LogP) is 3.88. The van der Waals surface area contributed by atoms with Gasteiger partial charge in [-0.15, -0.1) is 0 Å². The molecule has 5 nitrogen and oxygen atoms in total. The highest BCUT2D eigenvalue weighted by atomic mass is 35.5. The number of aromatic nitrogens is 1. The third-order valence-corrected chi connectivity index (χ3v) is 3.98. The minimum atomic E-state index is -0.302. The smallest absolute Gasteiger partial charge is 0.244 e. The Morgan fingerprint density at radius 3 is 2.52 bits per heavy atom. The molecule has 25 heavy (non-hydrogen) atoms. The summed E-state index contributed by atoms with van der Waals surface area (Å²) in [5.74, 6) is -0.531. The van der Waals surface area contributed by atoms with Crippen LogP contribution in [0.15, 0.2) is 60.8 Å². The second-order valence-corrected chi connectivity index (χ2v) is 5.95. The van der Waals surface area contributed by atoms with Crippen LogP contribution in [0.2, 0.25) is 5.02 Å². The lowest BCUT2D eigenvalue weighted by Crippen LogP contribution is -2.36. The number of carbonyl (C=O) groups excluding carboxylic acids is 2. The van der Waals surface area contributed by atoms with Crippen molar-refractivity contribution in [3.8, 4) is 0 Å². The normalized spacial score (nSPS) is 10.5. The number of rotatable bonds is 4. The number of carbonyl (C=O) groups is 2. The molecule has 3 rings (SSSR count). The van der Waals surface area contributed by atoms with E-state index < -0.39 is 0 Å². The molecular weight excluding hydrogens is 338 g/mol. The number of benzene rings is 2. The highest BCUT2D eigenvalue weighted by Gasteiger charge is 2.16. The molecule has 0 saturated carbocycles. The van der Waals surface area contributed by atoms with Crippen LogP contribution in [0.4, 0.5) is 11.4 Å². The molecule has 3 aromatic rings. The predicted molar refractivity (Wildman–Crippen MR) is 99.9 cm³/mol. The molecule has 1 aromatic heterocycles. The van der Waals surface area contributed by atoms with E-state index in [1.54, 1.807) is 36.5 Å². The van der Waals surface area contributed by atoms with Gasteiger partial charge in [0.1, 0.15) is 6.54 Å². The van der Waals surface area contributed by atoms with E-state index in [1.807, 2.05) is 24.3 Å². The molecule has 1 N–H and O–H groups in total. The molecule has 1 heterocycles. The molecule has 0 aliphatic carbocycles. The lowest BCUT2D eigenvalue weighted by atomic mass is 10.2. The van der Waals surface area contributed by atoms with Crippen LogP contribution in [0.3, 0.4) is 0 Å². The molecule has 0 fully saturated rings. The van der Waals surface area contributed by atoms with Crippen LogP contribution in [0, 0.1) is 0 Å². The summed E-state index contributed by atoms with van der Waals surface area (Å²) in [5.41, 5.74) is 1.94. The summed E-state index contributed by atoms with van der Waals surface area (Å²) in [6.45, 7) is 1.32. The van der Waals surface area contributed by atoms with E-state index >= 15 is 0 Å². The fourth-order valence-electron chi connectivity index (χ4n) is 2.54. The third kappa shape index (κ3) is 3.95. The molecule has 2 aromatic carbocycles. The van der Waals surface area contributed by atoms with Crippen LogP contribution < -0.4 is 10.2 Å². The number of nitrogens with one attached hydrogen (secondary N) is 1. The van der Waals surface area contributed by atoms with Crippen LogP contribution >= 0.6 is 11.6 Å². The highest BCUT2D eigenvalue weighted by Crippen LogP contribution is 2.21. The zero-order valence-electron chi connectivity index (χ0n) is 13.6. The van der Waals surface area contributed by atoms with Crippen molar-refractivity contribution in [2.24, 2.45) is 0 Å². The summed E-state index contributed by atoms with van der Waals surface area (Å²) < 4.78 is 0. The number of para-hydroxylation sites is 1. The van der Waals surface area contributed by atoms with Crippen molar-refractivity contribution >= 4 is 45.7 Å². The number of hydrogen-bond donors (Lipinski definition) is 1. The number of fused-ring (bicyclic) bond motifs is 1. The second-order valence-electron chi connectivity index (χ2n) is 5.51. The van der Waals surface area contributed by atoms with Crippen molar-refractivity contribution < 1.29 is 9.59 Å². The minimum Gasteiger partial charge on any atom is -0.323 e. The lowest BCUT2D eigenvalue weighted by Gasteiger charge is -2.21. The van der Waals surface area contributed by atoms with E-state index in [2.05, 4.69) is 10.3 Å². The molecule has 0 unspecified atom stereocenters. The molecule has 0 radical (unpaired) electrons. The van der Waals surface area contributed by atoms with Crippen LogP contribution in [-0.2, 0) is 9.59 Å². The van der Waals surface area contributed by atoms with Gasteiger partial charge in [0.15, 0.2) is 0 Å². The average molecular weight is 354 g/mol. The van der Waals surface area contributed by atoms with Gasteiger partial charge >= 0.3 is 0 Å². The zero-order valence-corrected chi connectivity index (χ0v) is 14.3. The van der Waals surface area contributed by atoms with E-state index in [-0.39, 0.29) is 18.4 Å². The maximum atomic E-state index is 12.5. The quantitative estimate of drug-likeness (QED) is 0.774. The number of hydrogen-bond acceptors (Lipinski definition) is 3. The van der Waals surface area contributed by atoms with Crippen LogP contribution in [0.5, 0.6) is 0 Å². The van der Waals surface area contributed by atoms with Gasteiger partial charge in [0.25, 0.3) is 0 Å². The van der Waals surface area contributed by atoms with Crippen molar-refractivity contribution in [2.75, 3.05) is 16.8 Å². The summed E-state index contributed by atoms with van der Waals surface area (Å²) in [4.78, 5) is 30.1. The summed E-state index contributed by atoms with van der Waals surface area (Å²) >= 11 is 5.87. The Hall–Kier alpha value is -2.92. The Balaban J connectivity index is 1.80. The van der Waals surface area contributed by atoms with Crippen LogP contribution in [-0.4, -0.2) is 23.3 Å². The molecular formula is C19H16ClN3O2. The fourth-order valence-corrected chi connectivity index (χ4v) is 2.67. The van der Waals surface area contributed by atoms with Gasteiger partial charge in [-0.3, -0.25) is 14.6 Å². The molecule has 2 amide bonds. The van der Waals surface area contributed by atoms with Crippen molar-refractivity contribution in [2.45, 2.75) is 6.92 Å². The number of amides is 2. The second kappa shape index (κ2) is 7.32. The van der Waals surface area contributed by atoms with E-state index in [1.165, 1.54) is 11.8 Å². The Labute approximate surface area is 150 Å². The van der Waals surface area contributed by atoms with Gasteiger partial charge in [0.2, 0.25) is 11.8 Å². The topological polar surface area (TPSA) is 62.3 Å². The van der Waals surface area contributed by atoms with Gasteiger partial charge in [0, 0.05) is 29.2 Å². The molecule has 0 aliphatic rings. The van der Waals surface area contributed by atoms with E-state index in [4.69, 9.17) is 11.6 Å². The fraction of sp³-hybridized carbons (Fsp3) is 0.105. The first-order chi connectivity index (χ1) is 12.0. The van der Waals surface area contributed by atoms with E-state index in [0.717, 1.165) is 5.39 Å². The Bertz CT molecular complexity index is 920. The van der Waals surface area contributed by atoms with Crippen molar-refractivity contribution in [3.05, 3.63) is 65.8 Å².